The molecule has 8 nitrogen and oxygen atoms in total. The van der Waals surface area contributed by atoms with E-state index in [9.17, 15) is 19.2 Å². The number of hydrogen-bond donors (Lipinski definition) is 2. The van der Waals surface area contributed by atoms with E-state index >= 15 is 0 Å². The van der Waals surface area contributed by atoms with Gasteiger partial charge >= 0.3 is 0 Å². The van der Waals surface area contributed by atoms with Crippen molar-refractivity contribution in [2.24, 2.45) is 0 Å². The summed E-state index contributed by atoms with van der Waals surface area (Å²) in [6.07, 6.45) is -0.0230. The van der Waals surface area contributed by atoms with Crippen molar-refractivity contribution in [3.05, 3.63) is 64.5 Å². The van der Waals surface area contributed by atoms with Crippen LogP contribution >= 0.6 is 11.3 Å². The third kappa shape index (κ3) is 4.42. The number of thiazole rings is 1. The summed E-state index contributed by atoms with van der Waals surface area (Å²) in [6.45, 7) is 3.30. The first-order valence-electron chi connectivity index (χ1n) is 9.92. The molecule has 4 amide bonds. The maximum atomic E-state index is 12.5. The zero-order valence-corrected chi connectivity index (χ0v) is 18.3. The van der Waals surface area contributed by atoms with Crippen LogP contribution in [0.15, 0.2) is 47.8 Å². The largest absolute Gasteiger partial charge is 0.326 e. The first-order valence-corrected chi connectivity index (χ1v) is 10.8. The number of hydrogen-bond acceptors (Lipinski definition) is 6. The molecule has 0 radical (unpaired) electrons. The van der Waals surface area contributed by atoms with Crippen LogP contribution in [-0.2, 0) is 9.59 Å². The van der Waals surface area contributed by atoms with Crippen molar-refractivity contribution in [3.63, 3.8) is 0 Å². The third-order valence-corrected chi connectivity index (χ3v) is 5.70. The van der Waals surface area contributed by atoms with Crippen molar-refractivity contribution in [3.8, 4) is 11.3 Å². The number of rotatable bonds is 6. The van der Waals surface area contributed by atoms with Crippen LogP contribution in [0.1, 0.15) is 39.6 Å². The van der Waals surface area contributed by atoms with Gasteiger partial charge in [0, 0.05) is 36.5 Å². The molecule has 0 unspecified atom stereocenters. The second-order valence-electron chi connectivity index (χ2n) is 7.41. The zero-order valence-electron chi connectivity index (χ0n) is 17.5. The van der Waals surface area contributed by atoms with Crippen LogP contribution in [0.4, 0.5) is 10.8 Å². The predicted molar refractivity (Wildman–Crippen MR) is 122 cm³/mol. The van der Waals surface area contributed by atoms with Gasteiger partial charge in [0.25, 0.3) is 11.8 Å². The van der Waals surface area contributed by atoms with Gasteiger partial charge in [-0.15, -0.1) is 11.3 Å². The maximum Gasteiger partial charge on any atom is 0.261 e. The highest BCUT2D eigenvalue weighted by Crippen LogP contribution is 2.27. The quantitative estimate of drug-likeness (QED) is 0.559. The second-order valence-corrected chi connectivity index (χ2v) is 8.26. The van der Waals surface area contributed by atoms with Gasteiger partial charge in [-0.2, -0.15) is 0 Å². The summed E-state index contributed by atoms with van der Waals surface area (Å²) in [4.78, 5) is 54.0. The van der Waals surface area contributed by atoms with E-state index in [1.165, 1.54) is 18.3 Å². The molecule has 1 aromatic heterocycles. The van der Waals surface area contributed by atoms with Gasteiger partial charge in [0.1, 0.15) is 0 Å². The monoisotopic (exact) mass is 448 g/mol. The Morgan fingerprint density at radius 1 is 1.00 bits per heavy atom. The minimum absolute atomic E-state index is 0.0000703. The lowest BCUT2D eigenvalue weighted by atomic mass is 10.1. The molecule has 0 aliphatic carbocycles. The summed E-state index contributed by atoms with van der Waals surface area (Å²) in [6, 6.07) is 12.3. The fraction of sp³-hybridized carbons (Fsp3) is 0.174. The lowest BCUT2D eigenvalue weighted by Crippen LogP contribution is -2.32. The van der Waals surface area contributed by atoms with E-state index < -0.39 is 0 Å². The number of carbonyl (C=O) groups is 4. The van der Waals surface area contributed by atoms with Crippen LogP contribution in [0.25, 0.3) is 11.3 Å². The molecule has 0 spiro atoms. The van der Waals surface area contributed by atoms with Crippen LogP contribution in [0.2, 0.25) is 0 Å². The van der Waals surface area contributed by atoms with Gasteiger partial charge in [-0.05, 0) is 31.2 Å². The Balaban J connectivity index is 1.34. The van der Waals surface area contributed by atoms with Crippen molar-refractivity contribution in [1.29, 1.82) is 0 Å². The summed E-state index contributed by atoms with van der Waals surface area (Å²) in [5.74, 6) is -1.23. The van der Waals surface area contributed by atoms with Crippen LogP contribution < -0.4 is 10.6 Å². The highest BCUT2D eigenvalue weighted by atomic mass is 32.1. The van der Waals surface area contributed by atoms with Crippen molar-refractivity contribution in [2.75, 3.05) is 17.2 Å². The Bertz CT molecular complexity index is 1230. The van der Waals surface area contributed by atoms with Gasteiger partial charge in [-0.25, -0.2) is 4.98 Å². The number of benzene rings is 2. The Labute approximate surface area is 188 Å². The van der Waals surface area contributed by atoms with Crippen LogP contribution in [0.3, 0.4) is 0 Å². The number of aromatic nitrogens is 1. The zero-order chi connectivity index (χ0) is 22.8. The molecule has 1 aliphatic rings. The molecule has 2 aromatic carbocycles. The summed E-state index contributed by atoms with van der Waals surface area (Å²) >= 11 is 1.28. The number of anilines is 2. The lowest BCUT2D eigenvalue weighted by Gasteiger charge is -2.12. The standard InChI is InChI=1S/C23H20N4O4S/c1-13-3-8-17-18(11-13)22(31)27(21(17)30)10-9-20(29)26-23-25-19(12-32-23)15-4-6-16(7-5-15)24-14(2)28/h3-8,11-12H,9-10H2,1-2H3,(H,24,28)(H,25,26,29). The van der Waals surface area contributed by atoms with Crippen molar-refractivity contribution in [1.82, 2.24) is 9.88 Å². The molecule has 0 saturated heterocycles. The number of nitrogens with zero attached hydrogens (tertiary/aromatic N) is 2. The van der Waals surface area contributed by atoms with Gasteiger partial charge in [0.2, 0.25) is 11.8 Å². The molecule has 2 heterocycles. The molecule has 1 aliphatic heterocycles. The average Bonchev–Trinajstić information content (AvgIpc) is 3.30. The topological polar surface area (TPSA) is 108 Å². The highest BCUT2D eigenvalue weighted by Gasteiger charge is 2.35. The molecular weight excluding hydrogens is 428 g/mol. The normalized spacial score (nSPS) is 12.6. The minimum atomic E-state index is -0.378. The number of imide groups is 1. The van der Waals surface area contributed by atoms with Gasteiger partial charge in [0.05, 0.1) is 16.8 Å². The van der Waals surface area contributed by atoms with E-state index in [1.54, 1.807) is 30.3 Å². The summed E-state index contributed by atoms with van der Waals surface area (Å²) < 4.78 is 0. The molecule has 162 valence electrons. The highest BCUT2D eigenvalue weighted by molar-refractivity contribution is 7.14. The molecule has 4 rings (SSSR count). The molecule has 3 aromatic rings. The number of fused-ring (bicyclic) bond motifs is 1. The van der Waals surface area contributed by atoms with Gasteiger partial charge < -0.3 is 10.6 Å². The Morgan fingerprint density at radius 2 is 1.72 bits per heavy atom. The molecule has 0 fully saturated rings. The molecule has 0 bridgehead atoms. The van der Waals surface area contributed by atoms with Crippen molar-refractivity contribution >= 4 is 45.8 Å². The average molecular weight is 449 g/mol. The van der Waals surface area contributed by atoms with E-state index in [1.807, 2.05) is 24.4 Å². The van der Waals surface area contributed by atoms with Gasteiger partial charge in [-0.1, -0.05) is 23.8 Å². The summed E-state index contributed by atoms with van der Waals surface area (Å²) in [5, 5.41) is 7.66. The molecule has 0 atom stereocenters. The summed E-state index contributed by atoms with van der Waals surface area (Å²) in [5.41, 5.74) is 3.87. The number of aryl methyl sites for hydroxylation is 1. The van der Waals surface area contributed by atoms with E-state index in [0.29, 0.717) is 27.6 Å². The summed E-state index contributed by atoms with van der Waals surface area (Å²) in [7, 11) is 0. The number of carbonyl (C=O) groups excluding carboxylic acids is 4. The van der Waals surface area contributed by atoms with E-state index in [0.717, 1.165) is 16.0 Å². The number of nitrogens with one attached hydrogen (secondary N) is 2. The van der Waals surface area contributed by atoms with Crippen LogP contribution in [-0.4, -0.2) is 40.1 Å². The smallest absolute Gasteiger partial charge is 0.261 e. The lowest BCUT2D eigenvalue weighted by molar-refractivity contribution is -0.116. The van der Waals surface area contributed by atoms with Gasteiger partial charge in [0.15, 0.2) is 5.13 Å². The molecule has 32 heavy (non-hydrogen) atoms. The Hall–Kier alpha value is -3.85. The third-order valence-electron chi connectivity index (χ3n) is 4.94. The Kier molecular flexibility index (Phi) is 5.83. The van der Waals surface area contributed by atoms with E-state index in [2.05, 4.69) is 15.6 Å². The first kappa shape index (κ1) is 21.4. The van der Waals surface area contributed by atoms with Crippen molar-refractivity contribution < 1.29 is 19.2 Å². The second kappa shape index (κ2) is 8.72. The first-order chi connectivity index (χ1) is 15.3. The molecule has 2 N–H and O–H groups in total. The predicted octanol–water partition coefficient (Wildman–Crippen LogP) is 3.70. The molecular formula is C23H20N4O4S. The van der Waals surface area contributed by atoms with E-state index in [-0.39, 0.29) is 36.6 Å². The minimum Gasteiger partial charge on any atom is -0.326 e. The Morgan fingerprint density at radius 3 is 2.44 bits per heavy atom. The van der Waals surface area contributed by atoms with E-state index in [4.69, 9.17) is 0 Å². The molecule has 9 heteroatoms. The van der Waals surface area contributed by atoms with Crippen molar-refractivity contribution in [2.45, 2.75) is 20.3 Å². The van der Waals surface area contributed by atoms with Crippen LogP contribution in [0.5, 0.6) is 0 Å². The molecule has 0 saturated carbocycles. The van der Waals surface area contributed by atoms with Crippen LogP contribution in [0, 0.1) is 6.92 Å². The SMILES string of the molecule is CC(=O)Nc1ccc(-c2csc(NC(=O)CCN3C(=O)c4ccc(C)cc4C3=O)n2)cc1. The fourth-order valence-corrected chi connectivity index (χ4v) is 4.13. The fourth-order valence-electron chi connectivity index (χ4n) is 3.39. The number of amides is 4. The maximum absolute atomic E-state index is 12.5. The van der Waals surface area contributed by atoms with Gasteiger partial charge in [-0.3, -0.25) is 24.1 Å².